The summed E-state index contributed by atoms with van der Waals surface area (Å²) in [5.41, 5.74) is 7.40. The first kappa shape index (κ1) is 15.2. The summed E-state index contributed by atoms with van der Waals surface area (Å²) in [6, 6.07) is 11.1. The zero-order chi connectivity index (χ0) is 15.2. The number of rotatable bonds is 4. The van der Waals surface area contributed by atoms with Gasteiger partial charge in [0.1, 0.15) is 5.82 Å². The van der Waals surface area contributed by atoms with E-state index in [0.29, 0.717) is 0 Å². The number of anilines is 2. The lowest BCUT2D eigenvalue weighted by Gasteiger charge is -2.13. The summed E-state index contributed by atoms with van der Waals surface area (Å²) in [6.07, 6.45) is 0.967. The van der Waals surface area contributed by atoms with Gasteiger partial charge in [-0.25, -0.2) is 8.78 Å². The molecule has 2 aromatic rings. The Labute approximate surface area is 127 Å². The predicted molar refractivity (Wildman–Crippen MR) is 85.2 cm³/mol. The summed E-state index contributed by atoms with van der Waals surface area (Å²) >= 11 is 5.08. The van der Waals surface area contributed by atoms with E-state index in [9.17, 15) is 8.78 Å². The number of thiocarbonyl (C=S) groups is 1. The highest BCUT2D eigenvalue weighted by Gasteiger charge is 2.04. The minimum absolute atomic E-state index is 0.113. The molecule has 0 aromatic heterocycles. The van der Waals surface area contributed by atoms with Crippen LogP contribution in [-0.4, -0.2) is 5.11 Å². The van der Waals surface area contributed by atoms with Gasteiger partial charge in [-0.2, -0.15) is 0 Å². The van der Waals surface area contributed by atoms with Crippen LogP contribution in [0, 0.1) is 11.6 Å². The van der Waals surface area contributed by atoms with Crippen molar-refractivity contribution in [2.45, 2.75) is 13.3 Å². The van der Waals surface area contributed by atoms with E-state index in [2.05, 4.69) is 23.1 Å². The molecule has 0 amide bonds. The van der Waals surface area contributed by atoms with Crippen LogP contribution in [0.25, 0.3) is 0 Å². The lowest BCUT2D eigenvalue weighted by atomic mass is 10.1. The highest BCUT2D eigenvalue weighted by molar-refractivity contribution is 7.80. The molecule has 3 nitrogen and oxygen atoms in total. The third kappa shape index (κ3) is 4.39. The molecule has 0 aliphatic rings. The summed E-state index contributed by atoms with van der Waals surface area (Å²) in [4.78, 5) is 0. The fourth-order valence-electron chi connectivity index (χ4n) is 1.70. The molecule has 0 spiro atoms. The van der Waals surface area contributed by atoms with Gasteiger partial charge in [-0.15, -0.1) is 0 Å². The molecule has 0 saturated heterocycles. The Balaban J connectivity index is 1.89. The molecule has 2 aromatic carbocycles. The second-order valence-electron chi connectivity index (χ2n) is 4.38. The molecular formula is C15H15F2N3S. The third-order valence-corrected chi connectivity index (χ3v) is 3.07. The van der Waals surface area contributed by atoms with E-state index in [1.165, 1.54) is 11.6 Å². The first-order valence-corrected chi connectivity index (χ1v) is 6.86. The molecule has 0 atom stereocenters. The van der Waals surface area contributed by atoms with E-state index >= 15 is 0 Å². The van der Waals surface area contributed by atoms with Crippen LogP contribution in [0.1, 0.15) is 12.5 Å². The molecule has 0 heterocycles. The minimum atomic E-state index is -0.697. The highest BCUT2D eigenvalue weighted by Crippen LogP contribution is 2.14. The fourth-order valence-corrected chi connectivity index (χ4v) is 1.87. The zero-order valence-corrected chi connectivity index (χ0v) is 12.2. The summed E-state index contributed by atoms with van der Waals surface area (Å²) in [6.45, 7) is 2.08. The van der Waals surface area contributed by atoms with E-state index in [1.54, 1.807) is 0 Å². The number of nitrogens with one attached hydrogen (secondary N) is 3. The number of benzene rings is 2. The Morgan fingerprint density at radius 1 is 1.10 bits per heavy atom. The van der Waals surface area contributed by atoms with Gasteiger partial charge in [0, 0.05) is 11.8 Å². The van der Waals surface area contributed by atoms with E-state index in [4.69, 9.17) is 12.2 Å². The van der Waals surface area contributed by atoms with E-state index in [-0.39, 0.29) is 10.8 Å². The van der Waals surface area contributed by atoms with E-state index < -0.39 is 11.6 Å². The monoisotopic (exact) mass is 307 g/mol. The Hall–Kier alpha value is -2.21. The molecule has 0 fully saturated rings. The molecule has 0 radical (unpaired) electrons. The average molecular weight is 307 g/mol. The van der Waals surface area contributed by atoms with Crippen molar-refractivity contribution in [3.05, 3.63) is 59.7 Å². The first-order chi connectivity index (χ1) is 10.1. The Morgan fingerprint density at radius 3 is 2.43 bits per heavy atom. The van der Waals surface area contributed by atoms with Crippen LogP contribution in [0.2, 0.25) is 0 Å². The molecule has 2 rings (SSSR count). The molecule has 3 N–H and O–H groups in total. The van der Waals surface area contributed by atoms with Gasteiger partial charge in [-0.05, 0) is 48.5 Å². The lowest BCUT2D eigenvalue weighted by Crippen LogP contribution is -2.33. The van der Waals surface area contributed by atoms with Crippen LogP contribution in [0.3, 0.4) is 0 Å². The quantitative estimate of drug-likeness (QED) is 0.592. The number of hydrogen-bond acceptors (Lipinski definition) is 2. The standard InChI is InChI=1S/C15H15F2N3S/c1-2-10-3-6-12(7-4-10)18-15(21)20-19-14-8-5-11(16)9-13(14)17/h3-9,19H,2H2,1H3,(H2,18,20,21). The molecule has 0 aliphatic heterocycles. The van der Waals surface area contributed by atoms with Crippen molar-refractivity contribution in [1.29, 1.82) is 0 Å². The van der Waals surface area contributed by atoms with Gasteiger partial charge in [-0.3, -0.25) is 10.9 Å². The van der Waals surface area contributed by atoms with Crippen LogP contribution < -0.4 is 16.2 Å². The van der Waals surface area contributed by atoms with Gasteiger partial charge in [-0.1, -0.05) is 19.1 Å². The number of aryl methyl sites for hydroxylation is 1. The maximum Gasteiger partial charge on any atom is 0.189 e. The fraction of sp³-hybridized carbons (Fsp3) is 0.133. The van der Waals surface area contributed by atoms with Crippen molar-refractivity contribution in [3.8, 4) is 0 Å². The summed E-state index contributed by atoms with van der Waals surface area (Å²) in [5.74, 6) is -1.33. The minimum Gasteiger partial charge on any atom is -0.331 e. The van der Waals surface area contributed by atoms with Gasteiger partial charge in [0.05, 0.1) is 5.69 Å². The molecule has 21 heavy (non-hydrogen) atoms. The summed E-state index contributed by atoms with van der Waals surface area (Å²) in [5, 5.41) is 3.24. The summed E-state index contributed by atoms with van der Waals surface area (Å²) in [7, 11) is 0. The van der Waals surface area contributed by atoms with Crippen molar-refractivity contribution in [2.75, 3.05) is 10.7 Å². The van der Waals surface area contributed by atoms with Crippen LogP contribution in [-0.2, 0) is 6.42 Å². The Morgan fingerprint density at radius 2 is 1.81 bits per heavy atom. The second kappa shape index (κ2) is 6.99. The van der Waals surface area contributed by atoms with Gasteiger partial charge in [0.25, 0.3) is 0 Å². The molecule has 6 heteroatoms. The number of hydrogen-bond donors (Lipinski definition) is 3. The van der Waals surface area contributed by atoms with E-state index in [0.717, 1.165) is 24.2 Å². The van der Waals surface area contributed by atoms with Gasteiger partial charge in [0.2, 0.25) is 0 Å². The molecule has 0 aliphatic carbocycles. The van der Waals surface area contributed by atoms with Crippen molar-refractivity contribution >= 4 is 28.7 Å². The van der Waals surface area contributed by atoms with E-state index in [1.807, 2.05) is 24.3 Å². The molecule has 0 bridgehead atoms. The molecule has 110 valence electrons. The van der Waals surface area contributed by atoms with Crippen molar-refractivity contribution in [3.63, 3.8) is 0 Å². The maximum atomic E-state index is 13.4. The molecule has 0 saturated carbocycles. The number of halogens is 2. The summed E-state index contributed by atoms with van der Waals surface area (Å²) < 4.78 is 26.2. The highest BCUT2D eigenvalue weighted by atomic mass is 32.1. The first-order valence-electron chi connectivity index (χ1n) is 6.45. The van der Waals surface area contributed by atoms with Crippen LogP contribution >= 0.6 is 12.2 Å². The normalized spacial score (nSPS) is 10.0. The van der Waals surface area contributed by atoms with Crippen LogP contribution in [0.4, 0.5) is 20.2 Å². The van der Waals surface area contributed by atoms with Crippen molar-refractivity contribution in [2.24, 2.45) is 0 Å². The van der Waals surface area contributed by atoms with Crippen LogP contribution in [0.15, 0.2) is 42.5 Å². The van der Waals surface area contributed by atoms with Crippen LogP contribution in [0.5, 0.6) is 0 Å². The lowest BCUT2D eigenvalue weighted by molar-refractivity contribution is 0.585. The smallest absolute Gasteiger partial charge is 0.189 e. The van der Waals surface area contributed by atoms with Crippen molar-refractivity contribution in [1.82, 2.24) is 5.43 Å². The predicted octanol–water partition coefficient (Wildman–Crippen LogP) is 3.84. The SMILES string of the molecule is CCc1ccc(NC(=S)NNc2ccc(F)cc2F)cc1. The second-order valence-corrected chi connectivity index (χ2v) is 4.79. The Kier molecular flexibility index (Phi) is 5.05. The third-order valence-electron chi connectivity index (χ3n) is 2.86. The van der Waals surface area contributed by atoms with Gasteiger partial charge in [0.15, 0.2) is 10.9 Å². The average Bonchev–Trinajstić information content (AvgIpc) is 2.47. The zero-order valence-electron chi connectivity index (χ0n) is 11.4. The van der Waals surface area contributed by atoms with Gasteiger partial charge >= 0.3 is 0 Å². The topological polar surface area (TPSA) is 36.1 Å². The largest absolute Gasteiger partial charge is 0.331 e. The molecule has 0 unspecified atom stereocenters. The maximum absolute atomic E-state index is 13.4. The molecular weight excluding hydrogens is 292 g/mol. The number of hydrazine groups is 1. The van der Waals surface area contributed by atoms with Gasteiger partial charge < -0.3 is 5.32 Å². The van der Waals surface area contributed by atoms with Crippen molar-refractivity contribution < 1.29 is 8.78 Å². The Bertz CT molecular complexity index is 629.